The first-order valence-corrected chi connectivity index (χ1v) is 9.64. The van der Waals surface area contributed by atoms with Gasteiger partial charge in [-0.1, -0.05) is 17.7 Å². The van der Waals surface area contributed by atoms with Crippen molar-refractivity contribution in [3.05, 3.63) is 94.3 Å². The van der Waals surface area contributed by atoms with E-state index in [0.717, 1.165) is 22.7 Å². The topological polar surface area (TPSA) is 89.6 Å². The first kappa shape index (κ1) is 20.0. The highest BCUT2D eigenvalue weighted by atomic mass is 16.6. The van der Waals surface area contributed by atoms with Crippen molar-refractivity contribution >= 4 is 28.4 Å². The Balaban J connectivity index is 1.85. The van der Waals surface area contributed by atoms with E-state index in [1.165, 1.54) is 12.1 Å². The zero-order valence-electron chi connectivity index (χ0n) is 17.1. The summed E-state index contributed by atoms with van der Waals surface area (Å²) < 4.78 is 6.93. The first-order chi connectivity index (χ1) is 15.0. The molecule has 2 N–H and O–H groups in total. The van der Waals surface area contributed by atoms with Crippen LogP contribution in [0.1, 0.15) is 11.3 Å². The Morgan fingerprint density at radius 2 is 1.77 bits per heavy atom. The number of nitro groups is 1. The summed E-state index contributed by atoms with van der Waals surface area (Å²) in [5.74, 6) is 0.782. The molecule has 0 unspecified atom stereocenters. The summed E-state index contributed by atoms with van der Waals surface area (Å²) in [4.78, 5) is 11.6. The van der Waals surface area contributed by atoms with Crippen molar-refractivity contribution in [3.8, 4) is 17.2 Å². The van der Waals surface area contributed by atoms with Gasteiger partial charge in [0.25, 0.3) is 0 Å². The Hall–Kier alpha value is -4.26. The minimum atomic E-state index is -0.392. The van der Waals surface area contributed by atoms with Crippen molar-refractivity contribution in [2.45, 2.75) is 6.92 Å². The molecule has 3 aromatic carbocycles. The third-order valence-electron chi connectivity index (χ3n) is 5.02. The zero-order chi connectivity index (χ0) is 22.0. The van der Waals surface area contributed by atoms with Crippen molar-refractivity contribution in [2.75, 3.05) is 12.4 Å². The monoisotopic (exact) mass is 415 g/mol. The number of nitrogens with one attached hydrogen (secondary N) is 1. The number of rotatable bonds is 6. The SMILES string of the molecule is COc1ccc(N/C=C/c2c([N+](=O)[O-])c3ccc(O)cc3n2-c2ccc(C)cc2)cc1. The molecule has 0 aliphatic carbocycles. The van der Waals surface area contributed by atoms with E-state index in [0.29, 0.717) is 16.6 Å². The molecule has 0 fully saturated rings. The molecule has 0 radical (unpaired) electrons. The zero-order valence-corrected chi connectivity index (χ0v) is 17.1. The highest BCUT2D eigenvalue weighted by molar-refractivity contribution is 5.96. The van der Waals surface area contributed by atoms with Gasteiger partial charge in [-0.05, 0) is 61.5 Å². The van der Waals surface area contributed by atoms with Crippen molar-refractivity contribution < 1.29 is 14.8 Å². The number of fused-ring (bicyclic) bond motifs is 1. The second-order valence-corrected chi connectivity index (χ2v) is 7.07. The molecule has 0 spiro atoms. The summed E-state index contributed by atoms with van der Waals surface area (Å²) in [5, 5.41) is 25.6. The fourth-order valence-electron chi connectivity index (χ4n) is 3.50. The molecule has 0 amide bonds. The van der Waals surface area contributed by atoms with E-state index in [4.69, 9.17) is 4.74 Å². The van der Waals surface area contributed by atoms with Crippen molar-refractivity contribution in [1.82, 2.24) is 4.57 Å². The minimum absolute atomic E-state index is 0.0247. The number of phenols is 1. The summed E-state index contributed by atoms with van der Waals surface area (Å²) in [5.41, 5.74) is 3.59. The third-order valence-corrected chi connectivity index (χ3v) is 5.02. The van der Waals surface area contributed by atoms with Crippen LogP contribution < -0.4 is 10.1 Å². The van der Waals surface area contributed by atoms with E-state index >= 15 is 0 Å². The number of anilines is 1. The van der Waals surface area contributed by atoms with Gasteiger partial charge in [-0.25, -0.2) is 0 Å². The van der Waals surface area contributed by atoms with Crippen LogP contribution in [0.3, 0.4) is 0 Å². The highest BCUT2D eigenvalue weighted by Crippen LogP contribution is 2.38. The van der Waals surface area contributed by atoms with E-state index in [9.17, 15) is 15.2 Å². The summed E-state index contributed by atoms with van der Waals surface area (Å²) >= 11 is 0. The predicted octanol–water partition coefficient (Wildman–Crippen LogP) is 5.64. The third kappa shape index (κ3) is 3.93. The summed E-state index contributed by atoms with van der Waals surface area (Å²) in [7, 11) is 1.60. The van der Waals surface area contributed by atoms with Crippen molar-refractivity contribution in [1.29, 1.82) is 0 Å². The van der Waals surface area contributed by atoms with Crippen LogP contribution in [0.25, 0.3) is 22.7 Å². The quantitative estimate of drug-likeness (QED) is 0.314. The number of methoxy groups -OCH3 is 1. The molecule has 156 valence electrons. The number of hydrogen-bond acceptors (Lipinski definition) is 5. The lowest BCUT2D eigenvalue weighted by molar-refractivity contribution is -0.383. The predicted molar refractivity (Wildman–Crippen MR) is 122 cm³/mol. The molecular weight excluding hydrogens is 394 g/mol. The van der Waals surface area contributed by atoms with Crippen LogP contribution >= 0.6 is 0 Å². The van der Waals surface area contributed by atoms with Crippen LogP contribution in [0.2, 0.25) is 0 Å². The van der Waals surface area contributed by atoms with E-state index in [-0.39, 0.29) is 11.4 Å². The number of hydrogen-bond donors (Lipinski definition) is 2. The Morgan fingerprint density at radius 3 is 2.42 bits per heavy atom. The summed E-state index contributed by atoms with van der Waals surface area (Å²) in [6.45, 7) is 1.98. The molecule has 31 heavy (non-hydrogen) atoms. The molecule has 0 aliphatic rings. The lowest BCUT2D eigenvalue weighted by Gasteiger charge is -2.09. The fourth-order valence-corrected chi connectivity index (χ4v) is 3.50. The Bertz CT molecular complexity index is 1270. The molecule has 0 aliphatic heterocycles. The molecular formula is C24H21N3O4. The lowest BCUT2D eigenvalue weighted by Crippen LogP contribution is -1.99. The number of aromatic hydroxyl groups is 1. The van der Waals surface area contributed by atoms with E-state index in [1.807, 2.05) is 55.5 Å². The molecule has 0 bridgehead atoms. The van der Waals surface area contributed by atoms with Crippen LogP contribution in [0.4, 0.5) is 11.4 Å². The van der Waals surface area contributed by atoms with Gasteiger partial charge < -0.3 is 19.7 Å². The second-order valence-electron chi connectivity index (χ2n) is 7.07. The number of phenolic OH excluding ortho intramolecular Hbond substituents is 1. The number of aryl methyl sites for hydroxylation is 1. The Labute approximate surface area is 179 Å². The maximum absolute atomic E-state index is 12.0. The van der Waals surface area contributed by atoms with Crippen molar-refractivity contribution in [3.63, 3.8) is 0 Å². The van der Waals surface area contributed by atoms with E-state index in [1.54, 1.807) is 30.0 Å². The molecule has 1 aromatic heterocycles. The molecule has 0 saturated carbocycles. The number of benzene rings is 3. The minimum Gasteiger partial charge on any atom is -0.508 e. The maximum atomic E-state index is 12.0. The van der Waals surface area contributed by atoms with E-state index < -0.39 is 4.92 Å². The maximum Gasteiger partial charge on any atom is 0.302 e. The second kappa shape index (κ2) is 8.23. The summed E-state index contributed by atoms with van der Waals surface area (Å²) in [6.07, 6.45) is 3.33. The normalized spacial score (nSPS) is 11.2. The molecule has 0 saturated heterocycles. The average Bonchev–Trinajstić information content (AvgIpc) is 3.08. The molecule has 7 heteroatoms. The van der Waals surface area contributed by atoms with Gasteiger partial charge in [-0.3, -0.25) is 10.1 Å². The van der Waals surface area contributed by atoms with Gasteiger partial charge in [0.1, 0.15) is 17.2 Å². The smallest absolute Gasteiger partial charge is 0.302 e. The van der Waals surface area contributed by atoms with Gasteiger partial charge in [0.2, 0.25) is 0 Å². The lowest BCUT2D eigenvalue weighted by atomic mass is 10.2. The van der Waals surface area contributed by atoms with Crippen LogP contribution in [0, 0.1) is 17.0 Å². The van der Waals surface area contributed by atoms with E-state index in [2.05, 4.69) is 5.32 Å². The van der Waals surface area contributed by atoms with Crippen LogP contribution in [0.5, 0.6) is 11.5 Å². The average molecular weight is 415 g/mol. The number of aromatic nitrogens is 1. The van der Waals surface area contributed by atoms with Gasteiger partial charge in [0.15, 0.2) is 0 Å². The van der Waals surface area contributed by atoms with Crippen LogP contribution in [-0.4, -0.2) is 21.7 Å². The standard InChI is InChI=1S/C24H21N3O4/c1-16-3-7-18(8-4-16)26-22(13-14-25-17-5-10-20(31-2)11-6-17)24(27(29)30)21-12-9-19(28)15-23(21)26/h3-15,25,28H,1-2H3/b14-13+. The first-order valence-electron chi connectivity index (χ1n) is 9.64. The molecule has 4 rings (SSSR count). The van der Waals surface area contributed by atoms with Gasteiger partial charge in [-0.2, -0.15) is 0 Å². The molecule has 0 atom stereocenters. The molecule has 4 aromatic rings. The largest absolute Gasteiger partial charge is 0.508 e. The van der Waals surface area contributed by atoms with Gasteiger partial charge in [0.05, 0.1) is 22.9 Å². The Kier molecular flexibility index (Phi) is 5.32. The van der Waals surface area contributed by atoms with Gasteiger partial charge >= 0.3 is 5.69 Å². The Morgan fingerprint density at radius 1 is 1.06 bits per heavy atom. The molecule has 1 heterocycles. The highest BCUT2D eigenvalue weighted by Gasteiger charge is 2.25. The van der Waals surface area contributed by atoms with Crippen LogP contribution in [-0.2, 0) is 0 Å². The molecule has 7 nitrogen and oxygen atoms in total. The number of ether oxygens (including phenoxy) is 1. The van der Waals surface area contributed by atoms with Gasteiger partial charge in [0, 0.05) is 23.6 Å². The van der Waals surface area contributed by atoms with Gasteiger partial charge in [-0.15, -0.1) is 0 Å². The summed E-state index contributed by atoms with van der Waals surface area (Å²) in [6, 6.07) is 19.6. The fraction of sp³-hybridized carbons (Fsp3) is 0.0833. The van der Waals surface area contributed by atoms with Crippen molar-refractivity contribution in [2.24, 2.45) is 0 Å². The number of nitrogens with zero attached hydrogens (tertiary/aromatic N) is 2. The van der Waals surface area contributed by atoms with Crippen LogP contribution in [0.15, 0.2) is 72.9 Å².